The van der Waals surface area contributed by atoms with Gasteiger partial charge in [0, 0.05) is 5.69 Å². The Bertz CT molecular complexity index is 609. The van der Waals surface area contributed by atoms with Crippen molar-refractivity contribution in [3.8, 4) is 11.5 Å². The number of primary amides is 1. The summed E-state index contributed by atoms with van der Waals surface area (Å²) in [4.78, 5) is 11.3. The van der Waals surface area contributed by atoms with Gasteiger partial charge in [0.2, 0.25) is 0 Å². The fourth-order valence-corrected chi connectivity index (χ4v) is 1.75. The van der Waals surface area contributed by atoms with E-state index in [-0.39, 0.29) is 5.56 Å². The summed E-state index contributed by atoms with van der Waals surface area (Å²) in [5, 5.41) is 0. The largest absolute Gasteiger partial charge is 0.497 e. The highest BCUT2D eigenvalue weighted by molar-refractivity contribution is 5.96. The number of benzene rings is 2. The first-order valence-electron chi connectivity index (χ1n) is 6.05. The molecule has 104 valence electrons. The first-order chi connectivity index (χ1) is 9.60. The molecule has 0 fully saturated rings. The lowest BCUT2D eigenvalue weighted by Gasteiger charge is -2.10. The number of anilines is 1. The molecule has 0 unspecified atom stereocenters. The number of nitrogen functional groups attached to an aromatic ring is 1. The van der Waals surface area contributed by atoms with Crippen LogP contribution < -0.4 is 20.9 Å². The normalized spacial score (nSPS) is 10.1. The van der Waals surface area contributed by atoms with Gasteiger partial charge in [-0.3, -0.25) is 4.79 Å². The van der Waals surface area contributed by atoms with Gasteiger partial charge in [-0.15, -0.1) is 0 Å². The number of rotatable bonds is 5. The van der Waals surface area contributed by atoms with Gasteiger partial charge in [0.15, 0.2) is 0 Å². The fraction of sp³-hybridized carbons (Fsp3) is 0.133. The van der Waals surface area contributed by atoms with Crippen LogP contribution in [0.3, 0.4) is 0 Å². The smallest absolute Gasteiger partial charge is 0.252 e. The monoisotopic (exact) mass is 272 g/mol. The van der Waals surface area contributed by atoms with Crippen molar-refractivity contribution in [1.82, 2.24) is 0 Å². The van der Waals surface area contributed by atoms with E-state index >= 15 is 0 Å². The van der Waals surface area contributed by atoms with E-state index in [4.69, 9.17) is 20.9 Å². The average molecular weight is 272 g/mol. The zero-order chi connectivity index (χ0) is 14.5. The molecule has 5 heteroatoms. The topological polar surface area (TPSA) is 87.6 Å². The number of nitrogens with two attached hydrogens (primary N) is 2. The van der Waals surface area contributed by atoms with Crippen molar-refractivity contribution in [3.05, 3.63) is 53.6 Å². The molecule has 0 spiro atoms. The van der Waals surface area contributed by atoms with Gasteiger partial charge in [-0.25, -0.2) is 0 Å². The van der Waals surface area contributed by atoms with Crippen molar-refractivity contribution in [2.24, 2.45) is 5.73 Å². The Morgan fingerprint density at radius 3 is 2.45 bits per heavy atom. The van der Waals surface area contributed by atoms with Gasteiger partial charge in [-0.2, -0.15) is 0 Å². The summed E-state index contributed by atoms with van der Waals surface area (Å²) in [6, 6.07) is 12.3. The number of amides is 1. The Hall–Kier alpha value is -2.69. The SMILES string of the molecule is COc1ccc(COc2ccc(N)cc2C(N)=O)cc1. The highest BCUT2D eigenvalue weighted by Crippen LogP contribution is 2.22. The van der Waals surface area contributed by atoms with Gasteiger partial charge in [-0.05, 0) is 35.9 Å². The van der Waals surface area contributed by atoms with E-state index in [1.807, 2.05) is 24.3 Å². The number of carbonyl (C=O) groups excluding carboxylic acids is 1. The van der Waals surface area contributed by atoms with Crippen molar-refractivity contribution >= 4 is 11.6 Å². The van der Waals surface area contributed by atoms with Crippen LogP contribution in [0.2, 0.25) is 0 Å². The molecule has 0 atom stereocenters. The third kappa shape index (κ3) is 3.20. The van der Waals surface area contributed by atoms with Crippen LogP contribution in [0.15, 0.2) is 42.5 Å². The van der Waals surface area contributed by atoms with E-state index in [1.54, 1.807) is 19.2 Å². The summed E-state index contributed by atoms with van der Waals surface area (Å²) in [7, 11) is 1.61. The first kappa shape index (κ1) is 13.7. The number of methoxy groups -OCH3 is 1. The maximum absolute atomic E-state index is 11.3. The highest BCUT2D eigenvalue weighted by Gasteiger charge is 2.10. The fourth-order valence-electron chi connectivity index (χ4n) is 1.75. The minimum atomic E-state index is -0.568. The maximum Gasteiger partial charge on any atom is 0.252 e. The molecule has 0 radical (unpaired) electrons. The molecule has 1 amide bonds. The molecule has 0 saturated carbocycles. The summed E-state index contributed by atoms with van der Waals surface area (Å²) in [6.07, 6.45) is 0. The van der Waals surface area contributed by atoms with Crippen molar-refractivity contribution in [2.45, 2.75) is 6.61 Å². The molecular formula is C15H16N2O3. The Balaban J connectivity index is 2.12. The van der Waals surface area contributed by atoms with E-state index < -0.39 is 5.91 Å². The predicted octanol–water partition coefficient (Wildman–Crippen LogP) is 1.96. The molecule has 0 heterocycles. The van der Waals surface area contributed by atoms with Crippen molar-refractivity contribution in [3.63, 3.8) is 0 Å². The lowest BCUT2D eigenvalue weighted by atomic mass is 10.1. The van der Waals surface area contributed by atoms with E-state index in [1.165, 1.54) is 6.07 Å². The van der Waals surface area contributed by atoms with Crippen LogP contribution in [-0.2, 0) is 6.61 Å². The lowest BCUT2D eigenvalue weighted by molar-refractivity contribution is 0.0996. The second kappa shape index (κ2) is 5.97. The number of hydrogen-bond donors (Lipinski definition) is 2. The van der Waals surface area contributed by atoms with E-state index in [0.717, 1.165) is 11.3 Å². The van der Waals surface area contributed by atoms with Gasteiger partial charge < -0.3 is 20.9 Å². The minimum Gasteiger partial charge on any atom is -0.497 e. The second-order valence-electron chi connectivity index (χ2n) is 4.26. The molecule has 0 aliphatic carbocycles. The molecule has 5 nitrogen and oxygen atoms in total. The van der Waals surface area contributed by atoms with Crippen LogP contribution in [-0.4, -0.2) is 13.0 Å². The van der Waals surface area contributed by atoms with Crippen LogP contribution >= 0.6 is 0 Å². The van der Waals surface area contributed by atoms with E-state index in [0.29, 0.717) is 18.0 Å². The third-order valence-electron chi connectivity index (χ3n) is 2.82. The third-order valence-corrected chi connectivity index (χ3v) is 2.82. The molecule has 2 aromatic carbocycles. The van der Waals surface area contributed by atoms with Crippen LogP contribution in [0.5, 0.6) is 11.5 Å². The Kier molecular flexibility index (Phi) is 4.10. The Morgan fingerprint density at radius 2 is 1.85 bits per heavy atom. The molecule has 0 aliphatic heterocycles. The molecule has 0 aromatic heterocycles. The van der Waals surface area contributed by atoms with Crippen LogP contribution in [0, 0.1) is 0 Å². The molecule has 4 N–H and O–H groups in total. The molecule has 0 aliphatic rings. The highest BCUT2D eigenvalue weighted by atomic mass is 16.5. The summed E-state index contributed by atoms with van der Waals surface area (Å²) < 4.78 is 10.7. The average Bonchev–Trinajstić information content (AvgIpc) is 2.46. The summed E-state index contributed by atoms with van der Waals surface area (Å²) in [5.41, 5.74) is 12.6. The van der Waals surface area contributed by atoms with Gasteiger partial charge >= 0.3 is 0 Å². The summed E-state index contributed by atoms with van der Waals surface area (Å²) >= 11 is 0. The van der Waals surface area contributed by atoms with Crippen LogP contribution in [0.1, 0.15) is 15.9 Å². The van der Waals surface area contributed by atoms with Crippen molar-refractivity contribution < 1.29 is 14.3 Å². The molecule has 0 saturated heterocycles. The van der Waals surface area contributed by atoms with Gasteiger partial charge in [0.05, 0.1) is 12.7 Å². The zero-order valence-electron chi connectivity index (χ0n) is 11.1. The lowest BCUT2D eigenvalue weighted by Crippen LogP contribution is -2.13. The summed E-state index contributed by atoms with van der Waals surface area (Å²) in [5.74, 6) is 0.628. The van der Waals surface area contributed by atoms with Gasteiger partial charge in [-0.1, -0.05) is 12.1 Å². The molecule has 2 aromatic rings. The quantitative estimate of drug-likeness (QED) is 0.814. The predicted molar refractivity (Wildman–Crippen MR) is 76.7 cm³/mol. The Morgan fingerprint density at radius 1 is 1.15 bits per heavy atom. The maximum atomic E-state index is 11.3. The van der Waals surface area contributed by atoms with Crippen LogP contribution in [0.4, 0.5) is 5.69 Å². The minimum absolute atomic E-state index is 0.276. The first-order valence-corrected chi connectivity index (χ1v) is 6.05. The van der Waals surface area contributed by atoms with E-state index in [2.05, 4.69) is 0 Å². The molecular weight excluding hydrogens is 256 g/mol. The van der Waals surface area contributed by atoms with Crippen molar-refractivity contribution in [1.29, 1.82) is 0 Å². The molecule has 20 heavy (non-hydrogen) atoms. The van der Waals surface area contributed by atoms with Crippen LogP contribution in [0.25, 0.3) is 0 Å². The summed E-state index contributed by atoms with van der Waals surface area (Å²) in [6.45, 7) is 0.328. The van der Waals surface area contributed by atoms with Gasteiger partial charge in [0.1, 0.15) is 18.1 Å². The van der Waals surface area contributed by atoms with Gasteiger partial charge in [0.25, 0.3) is 5.91 Å². The number of ether oxygens (including phenoxy) is 2. The van der Waals surface area contributed by atoms with Crippen molar-refractivity contribution in [2.75, 3.05) is 12.8 Å². The second-order valence-corrected chi connectivity index (χ2v) is 4.26. The van der Waals surface area contributed by atoms with E-state index in [9.17, 15) is 4.79 Å². The molecule has 2 rings (SSSR count). The standard InChI is InChI=1S/C15H16N2O3/c1-19-12-5-2-10(3-6-12)9-20-14-7-4-11(16)8-13(14)15(17)18/h2-8H,9,16H2,1H3,(H2,17,18). The number of carbonyl (C=O) groups is 1. The number of hydrogen-bond acceptors (Lipinski definition) is 4. The molecule has 0 bridgehead atoms. The zero-order valence-corrected chi connectivity index (χ0v) is 11.1. The Labute approximate surface area is 117 Å².